The van der Waals surface area contributed by atoms with Crippen LogP contribution in [-0.4, -0.2) is 22.9 Å². The van der Waals surface area contributed by atoms with Crippen molar-refractivity contribution in [2.45, 2.75) is 126 Å². The fraction of sp³-hybridized carbons (Fsp3) is 0.636. The zero-order chi connectivity index (χ0) is 25.4. The topological polar surface area (TPSA) is 4.93 Å². The molecule has 1 aromatic heterocycles. The molecule has 2 aromatic carbocycles. The van der Waals surface area contributed by atoms with Crippen LogP contribution < -0.4 is 3.58 Å². The Kier molecular flexibility index (Phi) is 11.1. The Morgan fingerprint density at radius 1 is 0.686 bits per heavy atom. The first-order valence-electron chi connectivity index (χ1n) is 14.8. The van der Waals surface area contributed by atoms with Crippen molar-refractivity contribution < 1.29 is 0 Å². The van der Waals surface area contributed by atoms with Gasteiger partial charge in [-0.05, 0) is 0 Å². The van der Waals surface area contributed by atoms with Gasteiger partial charge in [0.2, 0.25) is 0 Å². The van der Waals surface area contributed by atoms with E-state index < -0.39 is 18.4 Å². The first kappa shape index (κ1) is 28.6. The van der Waals surface area contributed by atoms with Gasteiger partial charge >= 0.3 is 215 Å². The van der Waals surface area contributed by atoms with Crippen LogP contribution in [0.1, 0.15) is 102 Å². The van der Waals surface area contributed by atoms with Crippen molar-refractivity contribution in [3.63, 3.8) is 0 Å². The molecule has 1 nitrogen and oxygen atoms in total. The molecule has 0 aliphatic heterocycles. The second kappa shape index (κ2) is 13.5. The van der Waals surface area contributed by atoms with Gasteiger partial charge in [0.15, 0.2) is 0 Å². The molecule has 1 atom stereocenters. The van der Waals surface area contributed by atoms with Crippen molar-refractivity contribution in [1.82, 2.24) is 4.57 Å². The first-order valence-corrected chi connectivity index (χ1v) is 24.8. The molecular formula is C33H53NSn. The summed E-state index contributed by atoms with van der Waals surface area (Å²) in [4.78, 5) is 7.78. The molecule has 1 heterocycles. The number of hydrogen-bond acceptors (Lipinski definition) is 0. The van der Waals surface area contributed by atoms with E-state index in [1.54, 1.807) is 9.10 Å². The Balaban J connectivity index is 1.98. The number of hydrogen-bond donors (Lipinski definition) is 0. The Bertz CT molecular complexity index is 1070. The van der Waals surface area contributed by atoms with Crippen LogP contribution in [0.3, 0.4) is 0 Å². The number of aromatic nitrogens is 1. The molecule has 0 fully saturated rings. The van der Waals surface area contributed by atoms with Crippen molar-refractivity contribution in [3.8, 4) is 0 Å². The predicted molar refractivity (Wildman–Crippen MR) is 162 cm³/mol. The quantitative estimate of drug-likeness (QED) is 0.124. The standard InChI is InChI=1S/C30H44N.3CH3.Sn/c1-5-7-9-11-12-14-16-26(15-13-10-8-6-2)23-31-29-19-17-24(3)21-27(29)28-22-25(4)18-20-30(28)31;;;;/h17-19,21-22,26H,5-16,23H2,1-4H3;3*1H3;. The van der Waals surface area contributed by atoms with Crippen molar-refractivity contribution in [1.29, 1.82) is 0 Å². The number of rotatable bonds is 15. The van der Waals surface area contributed by atoms with Crippen LogP contribution in [0.15, 0.2) is 30.3 Å². The van der Waals surface area contributed by atoms with E-state index in [-0.39, 0.29) is 0 Å². The Labute approximate surface area is 220 Å². The van der Waals surface area contributed by atoms with Crippen LogP contribution in [-0.2, 0) is 6.54 Å². The number of fused-ring (bicyclic) bond motifs is 3. The average molecular weight is 583 g/mol. The van der Waals surface area contributed by atoms with Gasteiger partial charge in [0.1, 0.15) is 0 Å². The minimum absolute atomic E-state index is 0.794. The van der Waals surface area contributed by atoms with Crippen molar-refractivity contribution in [3.05, 3.63) is 41.5 Å². The van der Waals surface area contributed by atoms with Crippen molar-refractivity contribution in [2.24, 2.45) is 5.92 Å². The van der Waals surface area contributed by atoms with Crippen LogP contribution in [0.5, 0.6) is 0 Å². The number of unbranched alkanes of at least 4 members (excludes halogenated alkanes) is 8. The molecule has 2 heteroatoms. The molecule has 194 valence electrons. The fourth-order valence-corrected chi connectivity index (χ4v) is 10.6. The molecule has 0 radical (unpaired) electrons. The van der Waals surface area contributed by atoms with Crippen LogP contribution in [0.25, 0.3) is 21.8 Å². The molecule has 0 bridgehead atoms. The van der Waals surface area contributed by atoms with Gasteiger partial charge in [0.05, 0.1) is 0 Å². The third kappa shape index (κ3) is 7.76. The van der Waals surface area contributed by atoms with Gasteiger partial charge in [-0.25, -0.2) is 0 Å². The summed E-state index contributed by atoms with van der Waals surface area (Å²) in [6, 6.07) is 12.2. The summed E-state index contributed by atoms with van der Waals surface area (Å²) >= 11 is -2.32. The van der Waals surface area contributed by atoms with Crippen LogP contribution in [0.2, 0.25) is 14.8 Å². The van der Waals surface area contributed by atoms with Crippen LogP contribution in [0.4, 0.5) is 0 Å². The van der Waals surface area contributed by atoms with E-state index in [1.165, 1.54) is 111 Å². The average Bonchev–Trinajstić information content (AvgIpc) is 3.09. The molecule has 1 unspecified atom stereocenters. The predicted octanol–water partition coefficient (Wildman–Crippen LogP) is 10.3. The first-order chi connectivity index (χ1) is 16.8. The number of aryl methyl sites for hydroxylation is 2. The molecule has 0 N–H and O–H groups in total. The second-order valence-corrected chi connectivity index (χ2v) is 26.7. The molecule has 0 saturated heterocycles. The van der Waals surface area contributed by atoms with E-state index >= 15 is 0 Å². The van der Waals surface area contributed by atoms with E-state index in [0.29, 0.717) is 0 Å². The summed E-state index contributed by atoms with van der Waals surface area (Å²) in [5.74, 6) is 0.794. The summed E-state index contributed by atoms with van der Waals surface area (Å²) < 4.78 is 4.50. The Hall–Kier alpha value is -0.961. The van der Waals surface area contributed by atoms with Gasteiger partial charge in [0, 0.05) is 0 Å². The molecule has 0 spiro atoms. The molecular weight excluding hydrogens is 529 g/mol. The SMILES string of the molecule is CCCCCCCCC(CCCCCC)Cn1c2ccc(C)cc2c2cc(C)c[c]([Sn]([CH3])([CH3])[CH3])c21. The second-order valence-electron chi connectivity index (χ2n) is 12.4. The summed E-state index contributed by atoms with van der Waals surface area (Å²) in [5, 5.41) is 2.99. The van der Waals surface area contributed by atoms with Gasteiger partial charge in [-0.3, -0.25) is 0 Å². The third-order valence-corrected chi connectivity index (χ3v) is 13.6. The third-order valence-electron chi connectivity index (χ3n) is 7.94. The van der Waals surface area contributed by atoms with Crippen molar-refractivity contribution in [2.75, 3.05) is 0 Å². The van der Waals surface area contributed by atoms with E-state index in [2.05, 4.69) is 77.4 Å². The molecule has 3 rings (SSSR count). The molecule has 0 saturated carbocycles. The molecule has 0 aliphatic rings. The Morgan fingerprint density at radius 3 is 1.89 bits per heavy atom. The maximum atomic E-state index is 2.78. The maximum absolute atomic E-state index is 2.78. The van der Waals surface area contributed by atoms with E-state index in [0.717, 1.165) is 5.92 Å². The summed E-state index contributed by atoms with van der Waals surface area (Å²) in [5.41, 5.74) is 5.86. The number of nitrogens with zero attached hydrogens (tertiary/aromatic N) is 1. The van der Waals surface area contributed by atoms with Gasteiger partial charge in [-0.1, -0.05) is 6.92 Å². The monoisotopic (exact) mass is 583 g/mol. The zero-order valence-corrected chi connectivity index (χ0v) is 27.0. The van der Waals surface area contributed by atoms with Gasteiger partial charge in [0.25, 0.3) is 0 Å². The number of benzene rings is 2. The van der Waals surface area contributed by atoms with E-state index in [9.17, 15) is 0 Å². The molecule has 3 aromatic rings. The summed E-state index contributed by atoms with van der Waals surface area (Å²) in [6.45, 7) is 10.4. The van der Waals surface area contributed by atoms with Gasteiger partial charge in [-0.15, -0.1) is 0 Å². The summed E-state index contributed by atoms with van der Waals surface area (Å²) in [7, 11) is 0. The minimum atomic E-state index is -2.32. The van der Waals surface area contributed by atoms with E-state index in [4.69, 9.17) is 0 Å². The van der Waals surface area contributed by atoms with Crippen molar-refractivity contribution >= 4 is 43.8 Å². The Morgan fingerprint density at radius 2 is 1.26 bits per heavy atom. The molecule has 0 aliphatic carbocycles. The fourth-order valence-electron chi connectivity index (χ4n) is 5.92. The zero-order valence-electron chi connectivity index (χ0n) is 24.1. The van der Waals surface area contributed by atoms with Gasteiger partial charge in [-0.2, -0.15) is 0 Å². The van der Waals surface area contributed by atoms with Crippen LogP contribution >= 0.6 is 0 Å². The normalized spacial score (nSPS) is 13.2. The summed E-state index contributed by atoms with van der Waals surface area (Å²) in [6.07, 6.45) is 16.7. The van der Waals surface area contributed by atoms with Crippen LogP contribution in [0, 0.1) is 19.8 Å². The van der Waals surface area contributed by atoms with Gasteiger partial charge < -0.3 is 0 Å². The molecule has 0 amide bonds. The van der Waals surface area contributed by atoms with E-state index in [1.807, 2.05) is 0 Å². The molecule has 35 heavy (non-hydrogen) atoms.